The maximum atomic E-state index is 13.2. The third-order valence-electron chi connectivity index (χ3n) is 13.6. The van der Waals surface area contributed by atoms with Crippen LogP contribution in [0.3, 0.4) is 0 Å². The minimum Gasteiger partial charge on any atom is -0.394 e. The Kier molecular flexibility index (Phi) is 42.9. The van der Waals surface area contributed by atoms with E-state index in [1.807, 2.05) is 0 Å². The fraction of sp³-hybridized carbons (Fsp3) is 0.909. The third kappa shape index (κ3) is 37.0. The average Bonchev–Trinajstić information content (AvgIpc) is 3.32. The number of unbranched alkanes of at least 4 members (excludes halogenated alkanes) is 32. The van der Waals surface area contributed by atoms with Gasteiger partial charge in [0.2, 0.25) is 5.91 Å². The smallest absolute Gasteiger partial charge is 0.394 e. The number of aliphatic hydroxyl groups excluding tert-OH is 5. The molecule has 408 valence electrons. The standard InChI is InChI=1S/C55H105NO12S/c1-3-5-7-9-11-13-15-17-19-21-23-25-27-29-31-33-35-37-39-41-43-48(58)47(46-66-55-52(61)53(68-69(63,64)65)51(60)50(45-57)67-55)56-54(62)49(59)44-42-40-38-36-34-32-30-28-26-24-22-20-18-16-14-12-10-8-6-4-2/h6,8,12,14,47-53,55,57-61H,3-5,7,9-11,13,15-46H2,1-2H3,(H,56,62)(H,63,64,65)/b8-6-,14-12-. The monoisotopic (exact) mass is 1000 g/mol. The molecule has 1 amide bonds. The highest BCUT2D eigenvalue weighted by Gasteiger charge is 2.48. The molecule has 0 radical (unpaired) electrons. The van der Waals surface area contributed by atoms with Gasteiger partial charge in [0.1, 0.15) is 30.5 Å². The average molecular weight is 1000 g/mol. The van der Waals surface area contributed by atoms with Crippen LogP contribution in [0.15, 0.2) is 24.3 Å². The summed E-state index contributed by atoms with van der Waals surface area (Å²) in [6.45, 7) is 3.22. The summed E-state index contributed by atoms with van der Waals surface area (Å²) in [5, 5.41) is 55.7. The highest BCUT2D eigenvalue weighted by Crippen LogP contribution is 2.26. The van der Waals surface area contributed by atoms with Gasteiger partial charge in [0, 0.05) is 0 Å². The predicted octanol–water partition coefficient (Wildman–Crippen LogP) is 11.8. The predicted molar refractivity (Wildman–Crippen MR) is 279 cm³/mol. The van der Waals surface area contributed by atoms with E-state index >= 15 is 0 Å². The molecule has 1 saturated heterocycles. The van der Waals surface area contributed by atoms with Crippen molar-refractivity contribution in [2.24, 2.45) is 0 Å². The van der Waals surface area contributed by atoms with Crippen LogP contribution in [0.5, 0.6) is 0 Å². The van der Waals surface area contributed by atoms with Crippen LogP contribution in [0.25, 0.3) is 0 Å². The van der Waals surface area contributed by atoms with Crippen LogP contribution in [0, 0.1) is 0 Å². The van der Waals surface area contributed by atoms with E-state index in [2.05, 4.69) is 47.7 Å². The Labute approximate surface area is 421 Å². The summed E-state index contributed by atoms with van der Waals surface area (Å²) in [7, 11) is -5.11. The van der Waals surface area contributed by atoms with E-state index in [-0.39, 0.29) is 6.42 Å². The van der Waals surface area contributed by atoms with Crippen molar-refractivity contribution in [2.75, 3.05) is 13.2 Å². The van der Waals surface area contributed by atoms with Crippen molar-refractivity contribution >= 4 is 16.3 Å². The lowest BCUT2D eigenvalue weighted by atomic mass is 9.99. The van der Waals surface area contributed by atoms with Crippen LogP contribution < -0.4 is 5.32 Å². The normalized spacial score (nSPS) is 20.3. The van der Waals surface area contributed by atoms with Crippen molar-refractivity contribution in [1.29, 1.82) is 0 Å². The Hall–Kier alpha value is -1.46. The third-order valence-corrected chi connectivity index (χ3v) is 14.1. The highest BCUT2D eigenvalue weighted by molar-refractivity contribution is 7.80. The largest absolute Gasteiger partial charge is 0.397 e. The van der Waals surface area contributed by atoms with Gasteiger partial charge in [-0.1, -0.05) is 244 Å². The Bertz CT molecular complexity index is 1340. The van der Waals surface area contributed by atoms with E-state index in [4.69, 9.17) is 9.47 Å². The molecule has 0 aromatic rings. The molecule has 1 heterocycles. The summed E-state index contributed by atoms with van der Waals surface area (Å²) in [5.41, 5.74) is 0. The zero-order chi connectivity index (χ0) is 50.6. The first-order valence-corrected chi connectivity index (χ1v) is 29.7. The molecule has 0 aromatic carbocycles. The number of rotatable bonds is 49. The molecule has 7 N–H and O–H groups in total. The van der Waals surface area contributed by atoms with Crippen molar-refractivity contribution in [1.82, 2.24) is 5.32 Å². The van der Waals surface area contributed by atoms with Crippen molar-refractivity contribution < 1.29 is 57.0 Å². The fourth-order valence-corrected chi connectivity index (χ4v) is 9.72. The topological polar surface area (TPSA) is 212 Å². The van der Waals surface area contributed by atoms with Crippen LogP contribution in [-0.2, 0) is 28.9 Å². The Morgan fingerprint density at radius 3 is 1.45 bits per heavy atom. The van der Waals surface area contributed by atoms with Crippen LogP contribution >= 0.6 is 0 Å². The van der Waals surface area contributed by atoms with E-state index in [0.29, 0.717) is 19.3 Å². The lowest BCUT2D eigenvalue weighted by molar-refractivity contribution is -0.298. The second-order valence-corrected chi connectivity index (χ2v) is 21.0. The zero-order valence-electron chi connectivity index (χ0n) is 43.8. The Balaban J connectivity index is 2.42. The van der Waals surface area contributed by atoms with Crippen LogP contribution in [0.4, 0.5) is 0 Å². The number of carbonyl (C=O) groups excluding carboxylic acids is 1. The molecular weight excluding hydrogens is 899 g/mol. The minimum atomic E-state index is -5.11. The molecule has 8 unspecified atom stereocenters. The summed E-state index contributed by atoms with van der Waals surface area (Å²) in [6, 6.07) is -1.03. The number of amides is 1. The summed E-state index contributed by atoms with van der Waals surface area (Å²) in [4.78, 5) is 13.2. The summed E-state index contributed by atoms with van der Waals surface area (Å²) < 4.78 is 47.8. The lowest BCUT2D eigenvalue weighted by Crippen LogP contribution is -2.61. The van der Waals surface area contributed by atoms with Crippen LogP contribution in [0.2, 0.25) is 0 Å². The molecule has 14 heteroatoms. The molecule has 1 fully saturated rings. The van der Waals surface area contributed by atoms with Gasteiger partial charge in [-0.2, -0.15) is 8.42 Å². The number of nitrogens with one attached hydrogen (secondary N) is 1. The van der Waals surface area contributed by atoms with Crippen molar-refractivity contribution in [3.63, 3.8) is 0 Å². The van der Waals surface area contributed by atoms with Gasteiger partial charge in [-0.3, -0.25) is 9.35 Å². The van der Waals surface area contributed by atoms with Gasteiger partial charge in [-0.15, -0.1) is 0 Å². The fourth-order valence-electron chi connectivity index (χ4n) is 9.21. The zero-order valence-corrected chi connectivity index (χ0v) is 44.6. The lowest BCUT2D eigenvalue weighted by Gasteiger charge is -2.41. The van der Waals surface area contributed by atoms with Gasteiger partial charge >= 0.3 is 10.4 Å². The first-order valence-electron chi connectivity index (χ1n) is 28.3. The second-order valence-electron chi connectivity index (χ2n) is 20.0. The molecule has 0 saturated carbocycles. The van der Waals surface area contributed by atoms with Gasteiger partial charge in [-0.05, 0) is 38.5 Å². The first-order chi connectivity index (χ1) is 33.4. The molecule has 13 nitrogen and oxygen atoms in total. The molecule has 0 aliphatic carbocycles. The highest BCUT2D eigenvalue weighted by atomic mass is 32.3. The van der Waals surface area contributed by atoms with E-state index in [9.17, 15) is 43.3 Å². The molecule has 1 aliphatic rings. The molecule has 0 bridgehead atoms. The molecule has 0 spiro atoms. The number of hydrogen-bond acceptors (Lipinski definition) is 11. The van der Waals surface area contributed by atoms with Gasteiger partial charge < -0.3 is 40.3 Å². The van der Waals surface area contributed by atoms with E-state index in [1.165, 1.54) is 167 Å². The first kappa shape index (κ1) is 65.6. The van der Waals surface area contributed by atoms with E-state index in [0.717, 1.165) is 51.4 Å². The van der Waals surface area contributed by atoms with Crippen molar-refractivity contribution in [3.8, 4) is 0 Å². The Morgan fingerprint density at radius 2 is 1.01 bits per heavy atom. The number of ether oxygens (including phenoxy) is 2. The van der Waals surface area contributed by atoms with Gasteiger partial charge in [0.15, 0.2) is 6.29 Å². The number of hydrogen-bond donors (Lipinski definition) is 7. The molecule has 1 aliphatic heterocycles. The van der Waals surface area contributed by atoms with Crippen molar-refractivity contribution in [3.05, 3.63) is 24.3 Å². The quantitative estimate of drug-likeness (QED) is 0.0172. The maximum absolute atomic E-state index is 13.2. The Morgan fingerprint density at radius 1 is 0.594 bits per heavy atom. The molecule has 1 rings (SSSR count). The van der Waals surface area contributed by atoms with Gasteiger partial charge in [0.25, 0.3) is 0 Å². The number of aliphatic hydroxyl groups is 5. The van der Waals surface area contributed by atoms with E-state index < -0.39 is 78.5 Å². The van der Waals surface area contributed by atoms with E-state index in [1.54, 1.807) is 0 Å². The van der Waals surface area contributed by atoms with Crippen molar-refractivity contribution in [2.45, 2.75) is 307 Å². The molecule has 0 aromatic heterocycles. The summed E-state index contributed by atoms with van der Waals surface area (Å²) in [6.07, 6.45) is 42.1. The van der Waals surface area contributed by atoms with Crippen LogP contribution in [-0.4, -0.2) is 107 Å². The molecule has 69 heavy (non-hydrogen) atoms. The molecule has 8 atom stereocenters. The summed E-state index contributed by atoms with van der Waals surface area (Å²) in [5.74, 6) is -0.667. The second kappa shape index (κ2) is 45.2. The molecular formula is C55H105NO12S. The minimum absolute atomic E-state index is 0.261. The maximum Gasteiger partial charge on any atom is 0.397 e. The summed E-state index contributed by atoms with van der Waals surface area (Å²) >= 11 is 0. The van der Waals surface area contributed by atoms with Crippen LogP contribution in [0.1, 0.15) is 258 Å². The SMILES string of the molecule is CC/C=C\C/C=C\CCCCCCCCCCCCCCCC(O)C(=O)NC(COC1OC(CO)C(O)C(OS(=O)(=O)O)C1O)C(O)CCCCCCCCCCCCCCCCCCCCCC. The number of carbonyl (C=O) groups is 1. The van der Waals surface area contributed by atoms with Gasteiger partial charge in [-0.25, -0.2) is 4.18 Å². The van der Waals surface area contributed by atoms with Gasteiger partial charge in [0.05, 0.1) is 25.4 Å². The number of allylic oxidation sites excluding steroid dienone is 4.